The van der Waals surface area contributed by atoms with E-state index in [2.05, 4.69) is 33.0 Å². The lowest BCUT2D eigenvalue weighted by atomic mass is 9.86. The fourth-order valence-electron chi connectivity index (χ4n) is 4.76. The summed E-state index contributed by atoms with van der Waals surface area (Å²) in [5.74, 6) is -0.571. The normalized spacial score (nSPS) is 15.8. The average Bonchev–Trinajstić information content (AvgIpc) is 3.16. The Bertz CT molecular complexity index is 1300. The van der Waals surface area contributed by atoms with Crippen LogP contribution in [0.25, 0.3) is 21.9 Å². The van der Waals surface area contributed by atoms with Crippen molar-refractivity contribution in [2.75, 3.05) is 20.3 Å². The molecule has 1 saturated heterocycles. The molecule has 0 aliphatic carbocycles. The lowest BCUT2D eigenvalue weighted by Gasteiger charge is -2.33. The minimum atomic E-state index is -0.472. The number of esters is 1. The number of carbonyl (C=O) groups is 1. The van der Waals surface area contributed by atoms with Gasteiger partial charge in [-0.3, -0.25) is 4.98 Å². The third-order valence-corrected chi connectivity index (χ3v) is 6.86. The average molecular weight is 497 g/mol. The van der Waals surface area contributed by atoms with E-state index < -0.39 is 5.97 Å². The molecule has 0 N–H and O–H groups in total. The van der Waals surface area contributed by atoms with E-state index in [1.54, 1.807) is 12.1 Å². The summed E-state index contributed by atoms with van der Waals surface area (Å²) in [5, 5.41) is 0.713. The van der Waals surface area contributed by atoms with Crippen molar-refractivity contribution in [3.05, 3.63) is 76.1 Å². The van der Waals surface area contributed by atoms with Crippen LogP contribution in [0.15, 0.2) is 59.2 Å². The van der Waals surface area contributed by atoms with Gasteiger partial charge in [-0.25, -0.2) is 9.18 Å². The van der Waals surface area contributed by atoms with Crippen LogP contribution in [-0.2, 0) is 9.47 Å². The molecule has 3 heterocycles. The standard InChI is InChI=1S/C25H22BrFN2O3/c1-31-25(30)17-13-20-22(28-14-17)18-7-8-19(26)21(27)24(18)29(20)23(15-5-3-2-4-6-15)16-9-11-32-12-10-16/h2-8,13-14,16,23H,9-12H2,1H3/t23-/m1/s1. The number of benzene rings is 2. The van der Waals surface area contributed by atoms with Crippen molar-refractivity contribution in [2.45, 2.75) is 18.9 Å². The molecule has 1 aliphatic rings. The van der Waals surface area contributed by atoms with Gasteiger partial charge in [0, 0.05) is 24.8 Å². The Balaban J connectivity index is 1.87. The molecule has 5 nitrogen and oxygen atoms in total. The molecular formula is C25H22BrFN2O3. The van der Waals surface area contributed by atoms with Gasteiger partial charge in [-0.05, 0) is 58.5 Å². The van der Waals surface area contributed by atoms with Crippen molar-refractivity contribution in [1.82, 2.24) is 9.55 Å². The zero-order valence-electron chi connectivity index (χ0n) is 17.6. The Kier molecular flexibility index (Phi) is 5.69. The summed E-state index contributed by atoms with van der Waals surface area (Å²) in [6.45, 7) is 1.34. The first-order chi connectivity index (χ1) is 15.6. The van der Waals surface area contributed by atoms with E-state index in [-0.39, 0.29) is 17.8 Å². The van der Waals surface area contributed by atoms with Gasteiger partial charge >= 0.3 is 5.97 Å². The number of halogens is 2. The zero-order chi connectivity index (χ0) is 22.2. The molecule has 32 heavy (non-hydrogen) atoms. The Morgan fingerprint density at radius 1 is 1.22 bits per heavy atom. The molecule has 2 aromatic carbocycles. The van der Waals surface area contributed by atoms with E-state index in [1.807, 2.05) is 28.8 Å². The van der Waals surface area contributed by atoms with E-state index in [4.69, 9.17) is 9.47 Å². The molecule has 4 aromatic rings. The molecule has 0 unspecified atom stereocenters. The minimum absolute atomic E-state index is 0.140. The molecule has 0 spiro atoms. The molecule has 1 atom stereocenters. The van der Waals surface area contributed by atoms with Gasteiger partial charge in [0.15, 0.2) is 5.82 Å². The number of pyridine rings is 1. The number of ether oxygens (including phenoxy) is 2. The van der Waals surface area contributed by atoms with E-state index in [0.29, 0.717) is 45.2 Å². The van der Waals surface area contributed by atoms with Gasteiger partial charge in [-0.15, -0.1) is 0 Å². The highest BCUT2D eigenvalue weighted by Crippen LogP contribution is 2.42. The molecule has 1 aliphatic heterocycles. The molecule has 0 bridgehead atoms. The van der Waals surface area contributed by atoms with Gasteiger partial charge in [0.25, 0.3) is 0 Å². The molecule has 164 valence electrons. The van der Waals surface area contributed by atoms with Gasteiger partial charge < -0.3 is 14.0 Å². The Labute approximate surface area is 193 Å². The molecule has 0 saturated carbocycles. The van der Waals surface area contributed by atoms with Crippen LogP contribution in [0.4, 0.5) is 4.39 Å². The molecule has 2 aromatic heterocycles. The van der Waals surface area contributed by atoms with Crippen molar-refractivity contribution < 1.29 is 18.7 Å². The predicted molar refractivity (Wildman–Crippen MR) is 124 cm³/mol. The lowest BCUT2D eigenvalue weighted by molar-refractivity contribution is 0.0552. The van der Waals surface area contributed by atoms with Crippen LogP contribution in [0.3, 0.4) is 0 Å². The van der Waals surface area contributed by atoms with Crippen molar-refractivity contribution in [1.29, 1.82) is 0 Å². The topological polar surface area (TPSA) is 53.3 Å². The van der Waals surface area contributed by atoms with E-state index in [1.165, 1.54) is 13.3 Å². The summed E-state index contributed by atoms with van der Waals surface area (Å²) < 4.78 is 28.6. The first kappa shape index (κ1) is 21.1. The highest BCUT2D eigenvalue weighted by atomic mass is 79.9. The van der Waals surface area contributed by atoms with E-state index >= 15 is 4.39 Å². The quantitative estimate of drug-likeness (QED) is 0.330. The fourth-order valence-corrected chi connectivity index (χ4v) is 5.08. The largest absolute Gasteiger partial charge is 0.465 e. The summed E-state index contributed by atoms with van der Waals surface area (Å²) in [5.41, 5.74) is 3.26. The third kappa shape index (κ3) is 3.49. The predicted octanol–water partition coefficient (Wildman–Crippen LogP) is 5.89. The maximum atomic E-state index is 15.7. The second kappa shape index (κ2) is 8.64. The molecule has 1 fully saturated rings. The van der Waals surface area contributed by atoms with E-state index in [9.17, 15) is 4.79 Å². The van der Waals surface area contributed by atoms with E-state index in [0.717, 1.165) is 18.4 Å². The number of methoxy groups -OCH3 is 1. The van der Waals surface area contributed by atoms with Crippen LogP contribution < -0.4 is 0 Å². The Morgan fingerprint density at radius 2 is 1.97 bits per heavy atom. The van der Waals surface area contributed by atoms with Crippen molar-refractivity contribution >= 4 is 43.8 Å². The van der Waals surface area contributed by atoms with Crippen molar-refractivity contribution in [3.8, 4) is 0 Å². The summed E-state index contributed by atoms with van der Waals surface area (Å²) in [6.07, 6.45) is 3.21. The summed E-state index contributed by atoms with van der Waals surface area (Å²) >= 11 is 3.36. The third-order valence-electron chi connectivity index (χ3n) is 6.25. The molecule has 7 heteroatoms. The highest BCUT2D eigenvalue weighted by molar-refractivity contribution is 9.10. The molecular weight excluding hydrogens is 475 g/mol. The zero-order valence-corrected chi connectivity index (χ0v) is 19.1. The van der Waals surface area contributed by atoms with Gasteiger partial charge in [-0.2, -0.15) is 0 Å². The summed E-state index contributed by atoms with van der Waals surface area (Å²) in [4.78, 5) is 16.8. The number of aromatic nitrogens is 2. The lowest BCUT2D eigenvalue weighted by Crippen LogP contribution is -2.27. The summed E-state index contributed by atoms with van der Waals surface area (Å²) in [7, 11) is 1.34. The van der Waals surface area contributed by atoms with Gasteiger partial charge in [-0.1, -0.05) is 30.3 Å². The summed E-state index contributed by atoms with van der Waals surface area (Å²) in [6, 6.07) is 15.3. The number of hydrogen-bond donors (Lipinski definition) is 0. The van der Waals surface area contributed by atoms with Gasteiger partial charge in [0.1, 0.15) is 0 Å². The van der Waals surface area contributed by atoms with Gasteiger partial charge in [0.05, 0.1) is 39.7 Å². The molecule has 0 radical (unpaired) electrons. The smallest absolute Gasteiger partial charge is 0.339 e. The second-order valence-corrected chi connectivity index (χ2v) is 8.87. The maximum absolute atomic E-state index is 15.7. The SMILES string of the molecule is COC(=O)c1cnc2c3ccc(Br)c(F)c3n([C@H](c3ccccc3)C3CCOCC3)c2c1. The van der Waals surface area contributed by atoms with Crippen LogP contribution in [0.2, 0.25) is 0 Å². The molecule has 0 amide bonds. The number of nitrogens with zero attached hydrogens (tertiary/aromatic N) is 2. The van der Waals surface area contributed by atoms with Crippen LogP contribution in [0, 0.1) is 11.7 Å². The molecule has 5 rings (SSSR count). The number of hydrogen-bond acceptors (Lipinski definition) is 4. The van der Waals surface area contributed by atoms with Gasteiger partial charge in [0.2, 0.25) is 0 Å². The van der Waals surface area contributed by atoms with Crippen LogP contribution in [-0.4, -0.2) is 35.8 Å². The monoisotopic (exact) mass is 496 g/mol. The maximum Gasteiger partial charge on any atom is 0.339 e. The number of rotatable bonds is 4. The fraction of sp³-hybridized carbons (Fsp3) is 0.280. The minimum Gasteiger partial charge on any atom is -0.465 e. The number of carbonyl (C=O) groups excluding carboxylic acids is 1. The highest BCUT2D eigenvalue weighted by Gasteiger charge is 2.31. The Morgan fingerprint density at radius 3 is 2.69 bits per heavy atom. The Hall–Kier alpha value is -2.77. The van der Waals surface area contributed by atoms with Crippen LogP contribution in [0.5, 0.6) is 0 Å². The van der Waals surface area contributed by atoms with Crippen LogP contribution in [0.1, 0.15) is 34.8 Å². The van der Waals surface area contributed by atoms with Crippen molar-refractivity contribution in [3.63, 3.8) is 0 Å². The van der Waals surface area contributed by atoms with Crippen LogP contribution >= 0.6 is 15.9 Å². The first-order valence-electron chi connectivity index (χ1n) is 10.6. The van der Waals surface area contributed by atoms with Crippen molar-refractivity contribution in [2.24, 2.45) is 5.92 Å². The first-order valence-corrected chi connectivity index (χ1v) is 11.4. The second-order valence-electron chi connectivity index (χ2n) is 8.02. The number of fused-ring (bicyclic) bond motifs is 3.